The topological polar surface area (TPSA) is 40.5 Å². The zero-order valence-corrected chi connectivity index (χ0v) is 10.3. The van der Waals surface area contributed by atoms with Crippen LogP contribution in [0.5, 0.6) is 0 Å². The van der Waals surface area contributed by atoms with Gasteiger partial charge < -0.3 is 10.2 Å². The molecule has 94 valence electrons. The number of hydrogen-bond donors (Lipinski definition) is 2. The van der Waals surface area contributed by atoms with Crippen molar-refractivity contribution in [2.24, 2.45) is 0 Å². The van der Waals surface area contributed by atoms with Crippen LogP contribution in [0, 0.1) is 0 Å². The van der Waals surface area contributed by atoms with Crippen molar-refractivity contribution in [2.75, 3.05) is 0 Å². The standard InChI is InChI=1S/C16H18O2/c1-5-15(17,6-2)13-11-9-10-12-14(13)16(18,7-3)8-4/h5-12,17-18H,1-4H2. The van der Waals surface area contributed by atoms with Crippen LogP contribution in [0.3, 0.4) is 0 Å². The van der Waals surface area contributed by atoms with Gasteiger partial charge in [0.05, 0.1) is 0 Å². The Balaban J connectivity index is 3.58. The molecule has 0 atom stereocenters. The Kier molecular flexibility index (Phi) is 4.07. The van der Waals surface area contributed by atoms with Gasteiger partial charge in [-0.1, -0.05) is 74.9 Å². The van der Waals surface area contributed by atoms with Gasteiger partial charge in [-0.05, 0) is 11.1 Å². The SMILES string of the molecule is C=CC(O)(C=C)c1ccccc1C(O)(C=C)C=C. The van der Waals surface area contributed by atoms with Crippen molar-refractivity contribution in [3.63, 3.8) is 0 Å². The molecule has 0 radical (unpaired) electrons. The van der Waals surface area contributed by atoms with Crippen molar-refractivity contribution < 1.29 is 10.2 Å². The summed E-state index contributed by atoms with van der Waals surface area (Å²) in [6.45, 7) is 14.4. The van der Waals surface area contributed by atoms with Gasteiger partial charge in [0.15, 0.2) is 0 Å². The molecule has 0 aliphatic heterocycles. The van der Waals surface area contributed by atoms with Crippen molar-refractivity contribution in [3.8, 4) is 0 Å². The maximum atomic E-state index is 10.4. The van der Waals surface area contributed by atoms with Gasteiger partial charge in [-0.3, -0.25) is 0 Å². The molecular weight excluding hydrogens is 224 g/mol. The van der Waals surface area contributed by atoms with Gasteiger partial charge >= 0.3 is 0 Å². The summed E-state index contributed by atoms with van der Waals surface area (Å²) >= 11 is 0. The summed E-state index contributed by atoms with van der Waals surface area (Å²) in [5.74, 6) is 0. The maximum absolute atomic E-state index is 10.4. The van der Waals surface area contributed by atoms with E-state index in [4.69, 9.17) is 0 Å². The second-order valence-electron chi connectivity index (χ2n) is 4.01. The first-order chi connectivity index (χ1) is 8.47. The third-order valence-corrected chi connectivity index (χ3v) is 3.03. The smallest absolute Gasteiger partial charge is 0.126 e. The molecule has 0 heterocycles. The molecule has 1 aromatic carbocycles. The molecule has 1 rings (SSSR count). The van der Waals surface area contributed by atoms with Crippen LogP contribution in [0.25, 0.3) is 0 Å². The highest BCUT2D eigenvalue weighted by atomic mass is 16.3. The third-order valence-electron chi connectivity index (χ3n) is 3.03. The molecule has 0 saturated carbocycles. The lowest BCUT2D eigenvalue weighted by Gasteiger charge is -2.29. The van der Waals surface area contributed by atoms with Gasteiger partial charge in [-0.25, -0.2) is 0 Å². The van der Waals surface area contributed by atoms with E-state index in [2.05, 4.69) is 26.3 Å². The van der Waals surface area contributed by atoms with Gasteiger partial charge in [-0.15, -0.1) is 0 Å². The molecule has 1 aromatic rings. The lowest BCUT2D eigenvalue weighted by Crippen LogP contribution is -2.28. The minimum Gasteiger partial charge on any atom is -0.377 e. The molecule has 0 unspecified atom stereocenters. The van der Waals surface area contributed by atoms with Crippen LogP contribution in [0.4, 0.5) is 0 Å². The van der Waals surface area contributed by atoms with Gasteiger partial charge in [0.25, 0.3) is 0 Å². The number of aliphatic hydroxyl groups is 2. The molecule has 2 N–H and O–H groups in total. The van der Waals surface area contributed by atoms with Crippen LogP contribution in [0.15, 0.2) is 74.9 Å². The highest BCUT2D eigenvalue weighted by molar-refractivity contribution is 5.45. The van der Waals surface area contributed by atoms with Crippen molar-refractivity contribution in [3.05, 3.63) is 86.0 Å². The molecule has 0 aromatic heterocycles. The summed E-state index contributed by atoms with van der Waals surface area (Å²) in [4.78, 5) is 0. The summed E-state index contributed by atoms with van der Waals surface area (Å²) in [5, 5.41) is 20.8. The van der Waals surface area contributed by atoms with E-state index in [0.717, 1.165) is 0 Å². The van der Waals surface area contributed by atoms with Crippen LogP contribution in [-0.4, -0.2) is 10.2 Å². The van der Waals surface area contributed by atoms with E-state index in [-0.39, 0.29) is 0 Å². The zero-order chi connectivity index (χ0) is 13.8. The quantitative estimate of drug-likeness (QED) is 0.753. The molecule has 0 amide bonds. The molecule has 0 fully saturated rings. The van der Waals surface area contributed by atoms with Crippen LogP contribution in [-0.2, 0) is 11.2 Å². The summed E-state index contributed by atoms with van der Waals surface area (Å²) in [6, 6.07) is 6.94. The van der Waals surface area contributed by atoms with Gasteiger partial charge in [0.2, 0.25) is 0 Å². The monoisotopic (exact) mass is 242 g/mol. The predicted molar refractivity (Wildman–Crippen MR) is 75.0 cm³/mol. The molecule has 0 aliphatic carbocycles. The summed E-state index contributed by atoms with van der Waals surface area (Å²) in [7, 11) is 0. The fraction of sp³-hybridized carbons (Fsp3) is 0.125. The van der Waals surface area contributed by atoms with Crippen LogP contribution < -0.4 is 0 Å². The molecule has 2 heteroatoms. The summed E-state index contributed by atoms with van der Waals surface area (Å²) in [6.07, 6.45) is 5.47. The highest BCUT2D eigenvalue weighted by Crippen LogP contribution is 2.34. The fourth-order valence-electron chi connectivity index (χ4n) is 1.79. The van der Waals surface area contributed by atoms with Crippen molar-refractivity contribution >= 4 is 0 Å². The Bertz CT molecular complexity index is 425. The lowest BCUT2D eigenvalue weighted by atomic mass is 9.82. The van der Waals surface area contributed by atoms with Gasteiger partial charge in [0, 0.05) is 0 Å². The first kappa shape index (κ1) is 14.2. The number of rotatable bonds is 6. The number of benzene rings is 1. The first-order valence-corrected chi connectivity index (χ1v) is 5.56. The Labute approximate surface area is 108 Å². The Morgan fingerprint density at radius 3 is 1.22 bits per heavy atom. The summed E-state index contributed by atoms with van der Waals surface area (Å²) in [5.41, 5.74) is -1.82. The largest absolute Gasteiger partial charge is 0.377 e. The van der Waals surface area contributed by atoms with Gasteiger partial charge in [0.1, 0.15) is 11.2 Å². The molecule has 0 spiro atoms. The second-order valence-corrected chi connectivity index (χ2v) is 4.01. The van der Waals surface area contributed by atoms with E-state index >= 15 is 0 Å². The Morgan fingerprint density at radius 2 is 1.00 bits per heavy atom. The van der Waals surface area contributed by atoms with Gasteiger partial charge in [-0.2, -0.15) is 0 Å². The predicted octanol–water partition coefficient (Wildman–Crippen LogP) is 2.81. The normalized spacial score (nSPS) is 11.7. The molecular formula is C16H18O2. The van der Waals surface area contributed by atoms with Crippen molar-refractivity contribution in [2.45, 2.75) is 11.2 Å². The average Bonchev–Trinajstić information content (AvgIpc) is 2.45. The third kappa shape index (κ3) is 2.21. The summed E-state index contributed by atoms with van der Waals surface area (Å²) < 4.78 is 0. The molecule has 0 bridgehead atoms. The van der Waals surface area contributed by atoms with E-state index in [0.29, 0.717) is 11.1 Å². The average molecular weight is 242 g/mol. The van der Waals surface area contributed by atoms with E-state index in [1.165, 1.54) is 24.3 Å². The Morgan fingerprint density at radius 1 is 0.722 bits per heavy atom. The van der Waals surface area contributed by atoms with E-state index < -0.39 is 11.2 Å². The molecule has 18 heavy (non-hydrogen) atoms. The fourth-order valence-corrected chi connectivity index (χ4v) is 1.79. The minimum atomic E-state index is -1.41. The Hall–Kier alpha value is -1.90. The van der Waals surface area contributed by atoms with Crippen molar-refractivity contribution in [1.82, 2.24) is 0 Å². The zero-order valence-electron chi connectivity index (χ0n) is 10.3. The van der Waals surface area contributed by atoms with Crippen LogP contribution in [0.2, 0.25) is 0 Å². The lowest BCUT2D eigenvalue weighted by molar-refractivity contribution is 0.118. The molecule has 0 aliphatic rings. The maximum Gasteiger partial charge on any atom is 0.126 e. The highest BCUT2D eigenvalue weighted by Gasteiger charge is 2.31. The second kappa shape index (κ2) is 5.17. The first-order valence-electron chi connectivity index (χ1n) is 5.56. The number of hydrogen-bond acceptors (Lipinski definition) is 2. The van der Waals surface area contributed by atoms with Crippen molar-refractivity contribution in [1.29, 1.82) is 0 Å². The van der Waals surface area contributed by atoms with Crippen LogP contribution >= 0.6 is 0 Å². The van der Waals surface area contributed by atoms with E-state index in [1.807, 2.05) is 0 Å². The molecule has 2 nitrogen and oxygen atoms in total. The van der Waals surface area contributed by atoms with Crippen LogP contribution in [0.1, 0.15) is 11.1 Å². The van der Waals surface area contributed by atoms with E-state index in [1.54, 1.807) is 24.3 Å². The van der Waals surface area contributed by atoms with E-state index in [9.17, 15) is 10.2 Å². The molecule has 0 saturated heterocycles. The minimum absolute atomic E-state index is 0.498.